The van der Waals surface area contributed by atoms with Crippen LogP contribution < -0.4 is 4.74 Å². The molecule has 0 aromatic heterocycles. The van der Waals surface area contributed by atoms with Crippen LogP contribution in [0.4, 0.5) is 13.2 Å². The smallest absolute Gasteiger partial charge is 0.426 e. The Kier molecular flexibility index (Phi) is 7.50. The Balaban J connectivity index is 1.57. The van der Waals surface area contributed by atoms with Crippen molar-refractivity contribution in [1.29, 1.82) is 0 Å². The van der Waals surface area contributed by atoms with Crippen LogP contribution in [0.25, 0.3) is 0 Å². The van der Waals surface area contributed by atoms with Gasteiger partial charge >= 0.3 is 6.11 Å². The molecule has 0 N–H and O–H groups in total. The molecule has 0 spiro atoms. The van der Waals surface area contributed by atoms with E-state index in [0.29, 0.717) is 12.0 Å². The van der Waals surface area contributed by atoms with Crippen LogP contribution in [-0.4, -0.2) is 0 Å². The van der Waals surface area contributed by atoms with Crippen molar-refractivity contribution in [3.8, 4) is 5.75 Å². The van der Waals surface area contributed by atoms with E-state index in [1.807, 2.05) is 12.1 Å². The Morgan fingerprint density at radius 1 is 1.00 bits per heavy atom. The highest BCUT2D eigenvalue weighted by atomic mass is 35.5. The summed E-state index contributed by atoms with van der Waals surface area (Å²) in [5.41, 5.74) is 0.607. The van der Waals surface area contributed by atoms with Crippen molar-refractivity contribution in [3.63, 3.8) is 0 Å². The average molecular weight is 425 g/mol. The van der Waals surface area contributed by atoms with E-state index in [0.717, 1.165) is 30.9 Å². The fourth-order valence-electron chi connectivity index (χ4n) is 4.16. The predicted molar refractivity (Wildman–Crippen MR) is 111 cm³/mol. The Morgan fingerprint density at radius 2 is 1.69 bits per heavy atom. The average Bonchev–Trinajstić information content (AvgIpc) is 2.71. The third-order valence-electron chi connectivity index (χ3n) is 5.92. The second-order valence-corrected chi connectivity index (χ2v) is 8.44. The highest BCUT2D eigenvalue weighted by molar-refractivity contribution is 6.30. The Bertz CT molecular complexity index is 783. The zero-order valence-electron chi connectivity index (χ0n) is 16.8. The van der Waals surface area contributed by atoms with E-state index >= 15 is 0 Å². The zero-order chi connectivity index (χ0) is 20.9. The van der Waals surface area contributed by atoms with Gasteiger partial charge < -0.3 is 4.74 Å². The van der Waals surface area contributed by atoms with Gasteiger partial charge in [-0.05, 0) is 73.4 Å². The summed E-state index contributed by atoms with van der Waals surface area (Å²) in [6.07, 6.45) is 6.37. The van der Waals surface area contributed by atoms with Gasteiger partial charge in [-0.1, -0.05) is 56.3 Å². The summed E-state index contributed by atoms with van der Waals surface area (Å²) in [5, 5.41) is -0.200. The molecule has 0 saturated heterocycles. The van der Waals surface area contributed by atoms with Crippen LogP contribution >= 0.6 is 11.6 Å². The fourth-order valence-corrected chi connectivity index (χ4v) is 4.28. The number of ether oxygens (including phenoxy) is 1. The molecule has 5 heteroatoms. The number of benzene rings is 2. The van der Waals surface area contributed by atoms with Crippen LogP contribution in [0.5, 0.6) is 5.75 Å². The van der Waals surface area contributed by atoms with E-state index in [9.17, 15) is 13.2 Å². The van der Waals surface area contributed by atoms with Crippen LogP contribution in [0, 0.1) is 11.7 Å². The van der Waals surface area contributed by atoms with Crippen molar-refractivity contribution in [1.82, 2.24) is 0 Å². The lowest BCUT2D eigenvalue weighted by molar-refractivity contribution is -0.185. The van der Waals surface area contributed by atoms with Crippen LogP contribution in [0.2, 0.25) is 5.02 Å². The summed E-state index contributed by atoms with van der Waals surface area (Å²) in [4.78, 5) is 0. The molecular weight excluding hydrogens is 397 g/mol. The van der Waals surface area contributed by atoms with Crippen LogP contribution in [0.3, 0.4) is 0 Å². The zero-order valence-corrected chi connectivity index (χ0v) is 17.5. The summed E-state index contributed by atoms with van der Waals surface area (Å²) in [6, 6.07) is 9.76. The van der Waals surface area contributed by atoms with Crippen LogP contribution in [0.1, 0.15) is 75.3 Å². The van der Waals surface area contributed by atoms with Crippen molar-refractivity contribution >= 4 is 11.6 Å². The number of hydrogen-bond donors (Lipinski definition) is 0. The van der Waals surface area contributed by atoms with E-state index in [1.54, 1.807) is 12.1 Å². The fraction of sp³-hybridized carbons (Fsp3) is 0.500. The molecule has 1 aliphatic carbocycles. The molecule has 2 aromatic carbocycles. The topological polar surface area (TPSA) is 9.23 Å². The molecule has 1 nitrogen and oxygen atoms in total. The van der Waals surface area contributed by atoms with Crippen molar-refractivity contribution in [3.05, 3.63) is 64.4 Å². The minimum Gasteiger partial charge on any atom is -0.429 e. The number of halogens is 4. The molecule has 0 radical (unpaired) electrons. The molecule has 29 heavy (non-hydrogen) atoms. The van der Waals surface area contributed by atoms with Crippen molar-refractivity contribution < 1.29 is 17.9 Å². The highest BCUT2D eigenvalue weighted by Crippen LogP contribution is 2.39. The van der Waals surface area contributed by atoms with E-state index in [2.05, 4.69) is 6.92 Å². The van der Waals surface area contributed by atoms with Crippen molar-refractivity contribution in [2.45, 2.75) is 70.3 Å². The Labute approximate surface area is 176 Å². The van der Waals surface area contributed by atoms with Gasteiger partial charge in [-0.15, -0.1) is 0 Å². The van der Waals surface area contributed by atoms with Gasteiger partial charge in [0, 0.05) is 0 Å². The second kappa shape index (κ2) is 9.88. The monoisotopic (exact) mass is 424 g/mol. The minimum atomic E-state index is -3.64. The van der Waals surface area contributed by atoms with Gasteiger partial charge in [0.05, 0.1) is 10.6 Å². The molecule has 0 unspecified atom stereocenters. The summed E-state index contributed by atoms with van der Waals surface area (Å²) >= 11 is 5.56. The van der Waals surface area contributed by atoms with Gasteiger partial charge in [0.1, 0.15) is 11.6 Å². The molecule has 0 amide bonds. The summed E-state index contributed by atoms with van der Waals surface area (Å²) < 4.78 is 47.0. The molecule has 3 rings (SSSR count). The first-order valence-corrected chi connectivity index (χ1v) is 10.9. The largest absolute Gasteiger partial charge is 0.429 e. The molecule has 2 aromatic rings. The van der Waals surface area contributed by atoms with Crippen LogP contribution in [-0.2, 0) is 6.11 Å². The molecule has 1 fully saturated rings. The maximum Gasteiger partial charge on any atom is 0.426 e. The molecule has 1 saturated carbocycles. The van der Waals surface area contributed by atoms with Gasteiger partial charge in [0.2, 0.25) is 0 Å². The molecule has 158 valence electrons. The standard InChI is InChI=1S/C24H28ClF3O/c1-2-3-4-5-17-6-8-18(9-7-17)19-10-13-21(14-11-19)29-24(27,28)20-12-15-22(25)23(26)16-20/h10-18H,2-9H2,1H3. The number of rotatable bonds is 8. The molecule has 0 heterocycles. The number of unbranched alkanes of at least 4 members (excludes halogenated alkanes) is 2. The predicted octanol–water partition coefficient (Wildman–Crippen LogP) is 8.46. The van der Waals surface area contributed by atoms with Crippen LogP contribution in [0.15, 0.2) is 42.5 Å². The molecule has 0 aliphatic heterocycles. The summed E-state index contributed by atoms with van der Waals surface area (Å²) in [6.45, 7) is 2.23. The molecular formula is C24H28ClF3O. The lowest BCUT2D eigenvalue weighted by atomic mass is 9.77. The third-order valence-corrected chi connectivity index (χ3v) is 6.22. The maximum absolute atomic E-state index is 14.3. The molecule has 0 bridgehead atoms. The third kappa shape index (κ3) is 5.91. The first-order chi connectivity index (χ1) is 13.9. The molecule has 0 atom stereocenters. The van der Waals surface area contributed by atoms with Crippen molar-refractivity contribution in [2.75, 3.05) is 0 Å². The number of hydrogen-bond acceptors (Lipinski definition) is 1. The van der Waals surface area contributed by atoms with E-state index < -0.39 is 17.5 Å². The quantitative estimate of drug-likeness (QED) is 0.386. The minimum absolute atomic E-state index is 0.0577. The summed E-state index contributed by atoms with van der Waals surface area (Å²) in [5.74, 6) is 0.478. The van der Waals surface area contributed by atoms with Gasteiger partial charge in [-0.25, -0.2) is 4.39 Å². The van der Waals surface area contributed by atoms with Gasteiger partial charge in [0.15, 0.2) is 0 Å². The van der Waals surface area contributed by atoms with Gasteiger partial charge in [-0.3, -0.25) is 0 Å². The lowest BCUT2D eigenvalue weighted by Gasteiger charge is -2.29. The van der Waals surface area contributed by atoms with Crippen molar-refractivity contribution in [2.24, 2.45) is 5.92 Å². The second-order valence-electron chi connectivity index (χ2n) is 8.03. The Hall–Kier alpha value is -1.68. The Morgan fingerprint density at radius 3 is 2.31 bits per heavy atom. The number of alkyl halides is 2. The highest BCUT2D eigenvalue weighted by Gasteiger charge is 2.35. The normalized spacial score (nSPS) is 19.9. The van der Waals surface area contributed by atoms with E-state index in [1.165, 1.54) is 44.1 Å². The van der Waals surface area contributed by atoms with Gasteiger partial charge in [0.25, 0.3) is 0 Å². The first kappa shape index (κ1) is 22.0. The van der Waals surface area contributed by atoms with E-state index in [4.69, 9.17) is 16.3 Å². The lowest BCUT2D eigenvalue weighted by Crippen LogP contribution is -2.22. The van der Waals surface area contributed by atoms with E-state index in [-0.39, 0.29) is 10.8 Å². The summed E-state index contributed by atoms with van der Waals surface area (Å²) in [7, 11) is 0. The SMILES string of the molecule is CCCCCC1CCC(c2ccc(OC(F)(F)c3ccc(Cl)c(F)c3)cc2)CC1. The first-order valence-electron chi connectivity index (χ1n) is 10.5. The van der Waals surface area contributed by atoms with Gasteiger partial charge in [-0.2, -0.15) is 8.78 Å². The molecule has 1 aliphatic rings. The maximum atomic E-state index is 14.3.